The number of nitrogens with one attached hydrogen (secondary N) is 1. The second kappa shape index (κ2) is 9.87. The SMILES string of the molecule is COc1ccccc1CNCC(=O)OC(C)(C)C.O=C(O)C(F)(F)F. The summed E-state index contributed by atoms with van der Waals surface area (Å²) in [5, 5.41) is 10.2. The van der Waals surface area contributed by atoms with Crippen LogP contribution in [0.1, 0.15) is 26.3 Å². The van der Waals surface area contributed by atoms with E-state index in [-0.39, 0.29) is 12.5 Å². The molecular formula is C16H22F3NO5. The summed E-state index contributed by atoms with van der Waals surface area (Å²) in [6.07, 6.45) is -5.08. The van der Waals surface area contributed by atoms with E-state index < -0.39 is 17.7 Å². The lowest BCUT2D eigenvalue weighted by atomic mass is 10.2. The predicted molar refractivity (Wildman–Crippen MR) is 84.2 cm³/mol. The smallest absolute Gasteiger partial charge is 0.490 e. The molecule has 0 saturated carbocycles. The number of esters is 1. The van der Waals surface area contributed by atoms with Crippen molar-refractivity contribution in [3.05, 3.63) is 29.8 Å². The molecule has 0 saturated heterocycles. The summed E-state index contributed by atoms with van der Waals surface area (Å²) in [5.41, 5.74) is 0.576. The van der Waals surface area contributed by atoms with Crippen LogP contribution < -0.4 is 10.1 Å². The summed E-state index contributed by atoms with van der Waals surface area (Å²) in [4.78, 5) is 20.4. The Kier molecular flexibility index (Phi) is 8.97. The molecule has 1 rings (SSSR count). The van der Waals surface area contributed by atoms with Gasteiger partial charge in [-0.2, -0.15) is 13.2 Å². The number of benzene rings is 1. The van der Waals surface area contributed by atoms with Crippen LogP contribution in [0, 0.1) is 0 Å². The fourth-order valence-electron chi connectivity index (χ4n) is 1.53. The Morgan fingerprint density at radius 1 is 1.16 bits per heavy atom. The van der Waals surface area contributed by atoms with Gasteiger partial charge >= 0.3 is 18.1 Å². The van der Waals surface area contributed by atoms with Gasteiger partial charge in [-0.3, -0.25) is 4.79 Å². The van der Waals surface area contributed by atoms with E-state index in [1.807, 2.05) is 45.0 Å². The Balaban J connectivity index is 0.000000697. The zero-order chi connectivity index (χ0) is 19.7. The van der Waals surface area contributed by atoms with Crippen LogP contribution in [0.25, 0.3) is 0 Å². The van der Waals surface area contributed by atoms with E-state index in [9.17, 15) is 18.0 Å². The number of carbonyl (C=O) groups excluding carboxylic acids is 1. The lowest BCUT2D eigenvalue weighted by molar-refractivity contribution is -0.192. The summed E-state index contributed by atoms with van der Waals surface area (Å²) in [7, 11) is 1.63. The summed E-state index contributed by atoms with van der Waals surface area (Å²) in [5.74, 6) is -2.20. The van der Waals surface area contributed by atoms with E-state index in [2.05, 4.69) is 5.32 Å². The van der Waals surface area contributed by atoms with Gasteiger partial charge < -0.3 is 19.9 Å². The Morgan fingerprint density at radius 3 is 2.12 bits per heavy atom. The van der Waals surface area contributed by atoms with Crippen molar-refractivity contribution in [3.8, 4) is 5.75 Å². The fraction of sp³-hybridized carbons (Fsp3) is 0.500. The van der Waals surface area contributed by atoms with Gasteiger partial charge in [-0.05, 0) is 26.8 Å². The quantitative estimate of drug-likeness (QED) is 0.781. The van der Waals surface area contributed by atoms with Gasteiger partial charge in [-0.1, -0.05) is 18.2 Å². The molecule has 9 heteroatoms. The molecule has 0 unspecified atom stereocenters. The first kappa shape index (κ1) is 22.7. The van der Waals surface area contributed by atoms with Gasteiger partial charge in [0.2, 0.25) is 0 Å². The number of carboxylic acids is 1. The van der Waals surface area contributed by atoms with Crippen LogP contribution in [-0.2, 0) is 20.9 Å². The number of hydrogen-bond donors (Lipinski definition) is 2. The molecule has 1 aromatic carbocycles. The molecule has 0 aliphatic heterocycles. The van der Waals surface area contributed by atoms with E-state index >= 15 is 0 Å². The van der Waals surface area contributed by atoms with E-state index in [4.69, 9.17) is 19.4 Å². The predicted octanol–water partition coefficient (Wildman–Crippen LogP) is 2.76. The summed E-state index contributed by atoms with van der Waals surface area (Å²) >= 11 is 0. The van der Waals surface area contributed by atoms with Crippen molar-refractivity contribution in [1.82, 2.24) is 5.32 Å². The fourth-order valence-corrected chi connectivity index (χ4v) is 1.53. The molecule has 2 N–H and O–H groups in total. The average molecular weight is 365 g/mol. The first-order chi connectivity index (χ1) is 11.4. The molecule has 0 radical (unpaired) electrons. The van der Waals surface area contributed by atoms with Crippen molar-refractivity contribution < 1.29 is 37.3 Å². The second-order valence-corrected chi connectivity index (χ2v) is 5.80. The number of carboxylic acid groups (broad SMARTS) is 1. The molecule has 0 spiro atoms. The number of ether oxygens (including phenoxy) is 2. The number of rotatable bonds is 5. The van der Waals surface area contributed by atoms with E-state index in [0.29, 0.717) is 6.54 Å². The minimum atomic E-state index is -5.08. The molecule has 25 heavy (non-hydrogen) atoms. The van der Waals surface area contributed by atoms with Gasteiger partial charge in [0.15, 0.2) is 0 Å². The average Bonchev–Trinajstić information content (AvgIpc) is 2.45. The highest BCUT2D eigenvalue weighted by atomic mass is 19.4. The number of hydrogen-bond acceptors (Lipinski definition) is 5. The van der Waals surface area contributed by atoms with Gasteiger partial charge in [-0.15, -0.1) is 0 Å². The molecule has 0 aromatic heterocycles. The number of carbonyl (C=O) groups is 2. The molecule has 0 bridgehead atoms. The largest absolute Gasteiger partial charge is 0.496 e. The van der Waals surface area contributed by atoms with Gasteiger partial charge in [-0.25, -0.2) is 4.79 Å². The lowest BCUT2D eigenvalue weighted by Crippen LogP contribution is -2.31. The third-order valence-electron chi connectivity index (χ3n) is 2.44. The second-order valence-electron chi connectivity index (χ2n) is 5.80. The molecule has 1 aromatic rings. The maximum absolute atomic E-state index is 11.5. The first-order valence-corrected chi connectivity index (χ1v) is 7.21. The van der Waals surface area contributed by atoms with Crippen molar-refractivity contribution in [2.45, 2.75) is 39.1 Å². The van der Waals surface area contributed by atoms with Crippen LogP contribution in [-0.4, -0.2) is 42.5 Å². The zero-order valence-electron chi connectivity index (χ0n) is 14.4. The lowest BCUT2D eigenvalue weighted by Gasteiger charge is -2.19. The number of halogens is 3. The van der Waals surface area contributed by atoms with E-state index in [1.54, 1.807) is 7.11 Å². The normalized spacial score (nSPS) is 11.2. The zero-order valence-corrected chi connectivity index (χ0v) is 14.4. The van der Waals surface area contributed by atoms with Crippen LogP contribution in [0.3, 0.4) is 0 Å². The maximum atomic E-state index is 11.5. The van der Waals surface area contributed by atoms with Crippen molar-refractivity contribution in [2.75, 3.05) is 13.7 Å². The molecular weight excluding hydrogens is 343 g/mol. The van der Waals surface area contributed by atoms with Crippen LogP contribution in [0.4, 0.5) is 13.2 Å². The third-order valence-corrected chi connectivity index (χ3v) is 2.44. The van der Waals surface area contributed by atoms with Crippen LogP contribution >= 0.6 is 0 Å². The molecule has 0 atom stereocenters. The molecule has 0 aliphatic carbocycles. The van der Waals surface area contributed by atoms with Crippen molar-refractivity contribution in [2.24, 2.45) is 0 Å². The highest BCUT2D eigenvalue weighted by Crippen LogP contribution is 2.16. The third kappa shape index (κ3) is 11.0. The Morgan fingerprint density at radius 2 is 1.68 bits per heavy atom. The van der Waals surface area contributed by atoms with Gasteiger partial charge in [0, 0.05) is 12.1 Å². The highest BCUT2D eigenvalue weighted by molar-refractivity contribution is 5.73. The van der Waals surface area contributed by atoms with Crippen LogP contribution in [0.15, 0.2) is 24.3 Å². The van der Waals surface area contributed by atoms with Crippen molar-refractivity contribution in [1.29, 1.82) is 0 Å². The van der Waals surface area contributed by atoms with E-state index in [1.165, 1.54) is 0 Å². The molecule has 0 heterocycles. The van der Waals surface area contributed by atoms with Gasteiger partial charge in [0.25, 0.3) is 0 Å². The standard InChI is InChI=1S/C14H21NO3.C2HF3O2/c1-14(2,3)18-13(16)10-15-9-11-7-5-6-8-12(11)17-4;3-2(4,5)1(6)7/h5-8,15H,9-10H2,1-4H3;(H,6,7). The highest BCUT2D eigenvalue weighted by Gasteiger charge is 2.38. The molecule has 0 fully saturated rings. The van der Waals surface area contributed by atoms with Crippen molar-refractivity contribution in [3.63, 3.8) is 0 Å². The van der Waals surface area contributed by atoms with Crippen molar-refractivity contribution >= 4 is 11.9 Å². The Hall–Kier alpha value is -2.29. The maximum Gasteiger partial charge on any atom is 0.490 e. The summed E-state index contributed by atoms with van der Waals surface area (Å²) in [6.45, 7) is 6.32. The minimum absolute atomic E-state index is 0.190. The molecule has 6 nitrogen and oxygen atoms in total. The molecule has 0 aliphatic rings. The summed E-state index contributed by atoms with van der Waals surface area (Å²) in [6, 6.07) is 7.70. The van der Waals surface area contributed by atoms with Crippen LogP contribution in [0.5, 0.6) is 5.75 Å². The van der Waals surface area contributed by atoms with Gasteiger partial charge in [0.1, 0.15) is 11.4 Å². The number of para-hydroxylation sites is 1. The topological polar surface area (TPSA) is 84.9 Å². The Bertz CT molecular complexity index is 568. The summed E-state index contributed by atoms with van der Waals surface area (Å²) < 4.78 is 42.2. The molecule has 142 valence electrons. The number of methoxy groups -OCH3 is 1. The Labute approximate surface area is 143 Å². The van der Waals surface area contributed by atoms with Gasteiger partial charge in [0.05, 0.1) is 13.7 Å². The monoisotopic (exact) mass is 365 g/mol. The first-order valence-electron chi connectivity index (χ1n) is 7.21. The number of aliphatic carboxylic acids is 1. The van der Waals surface area contributed by atoms with Crippen LogP contribution in [0.2, 0.25) is 0 Å². The molecule has 0 amide bonds. The van der Waals surface area contributed by atoms with E-state index in [0.717, 1.165) is 11.3 Å². The minimum Gasteiger partial charge on any atom is -0.496 e. The number of alkyl halides is 3.